The van der Waals surface area contributed by atoms with Gasteiger partial charge in [0.15, 0.2) is 0 Å². The lowest BCUT2D eigenvalue weighted by molar-refractivity contribution is 0.265. The fourth-order valence-electron chi connectivity index (χ4n) is 4.79. The Kier molecular flexibility index (Phi) is 7.91. The molecule has 0 spiro atoms. The Morgan fingerprint density at radius 3 is 1.31 bits per heavy atom. The van der Waals surface area contributed by atoms with Gasteiger partial charge in [-0.1, -0.05) is 104 Å². The van der Waals surface area contributed by atoms with Gasteiger partial charge in [-0.2, -0.15) is 0 Å². The number of halogens is 1. The second kappa shape index (κ2) is 10.6. The Balaban J connectivity index is 0.00000240. The monoisotopic (exact) mass is 405 g/mol. The summed E-state index contributed by atoms with van der Waals surface area (Å²) >= 11 is 0. The first-order valence-corrected chi connectivity index (χ1v) is 10.8. The van der Waals surface area contributed by atoms with Crippen LogP contribution in [0.15, 0.2) is 91.0 Å². The van der Waals surface area contributed by atoms with Crippen molar-refractivity contribution in [1.29, 1.82) is 0 Å². The lowest BCUT2D eigenvalue weighted by atomic mass is 9.67. The van der Waals surface area contributed by atoms with Crippen molar-refractivity contribution in [3.05, 3.63) is 108 Å². The summed E-state index contributed by atoms with van der Waals surface area (Å²) in [5.74, 6) is 0. The van der Waals surface area contributed by atoms with Crippen LogP contribution in [0.25, 0.3) is 0 Å². The number of hydrogen-bond donors (Lipinski definition) is 0. The molecule has 152 valence electrons. The maximum Gasteiger partial charge on any atom is 0.0463 e. The molecule has 3 aromatic carbocycles. The molecule has 1 aliphatic rings. The molecule has 0 saturated carbocycles. The maximum atomic E-state index is 2.69. The maximum absolute atomic E-state index is 2.69. The first-order chi connectivity index (χ1) is 13.9. The molecule has 1 saturated heterocycles. The zero-order chi connectivity index (χ0) is 19.1. The molecule has 1 heterocycles. The second-order valence-corrected chi connectivity index (χ2v) is 8.01. The highest BCUT2D eigenvalue weighted by Crippen LogP contribution is 2.42. The molecule has 0 aromatic heterocycles. The minimum atomic E-state index is -0.115. The van der Waals surface area contributed by atoms with Crippen molar-refractivity contribution >= 4 is 12.4 Å². The Labute approximate surface area is 182 Å². The van der Waals surface area contributed by atoms with Crippen LogP contribution in [0.3, 0.4) is 0 Å². The molecule has 0 aliphatic carbocycles. The van der Waals surface area contributed by atoms with Crippen LogP contribution in [0.4, 0.5) is 0 Å². The van der Waals surface area contributed by atoms with Crippen LogP contribution in [0.1, 0.15) is 48.8 Å². The van der Waals surface area contributed by atoms with Gasteiger partial charge in [-0.05, 0) is 55.6 Å². The zero-order valence-corrected chi connectivity index (χ0v) is 18.0. The van der Waals surface area contributed by atoms with E-state index in [1.165, 1.54) is 55.5 Å². The highest BCUT2D eigenvalue weighted by Gasteiger charge is 2.36. The summed E-state index contributed by atoms with van der Waals surface area (Å²) in [6.07, 6.45) is 6.56. The van der Waals surface area contributed by atoms with E-state index in [-0.39, 0.29) is 17.8 Å². The normalized spacial score (nSPS) is 15.3. The van der Waals surface area contributed by atoms with Crippen molar-refractivity contribution in [2.24, 2.45) is 0 Å². The molecule has 0 bridgehead atoms. The standard InChI is InChI=1S/C27H31N.ClH/c1-2-13-22-28(21-12-1)23-20-27(24-14-6-3-7-15-24,25-16-8-4-9-17-25)26-18-10-5-11-19-26;/h3-11,14-19H,1-2,12-13,20-23H2;1H. The largest absolute Gasteiger partial charge is 0.303 e. The van der Waals surface area contributed by atoms with Gasteiger partial charge in [0, 0.05) is 5.41 Å². The van der Waals surface area contributed by atoms with E-state index in [4.69, 9.17) is 0 Å². The van der Waals surface area contributed by atoms with Crippen LogP contribution in [0.2, 0.25) is 0 Å². The van der Waals surface area contributed by atoms with Gasteiger partial charge in [0.1, 0.15) is 0 Å². The highest BCUT2D eigenvalue weighted by atomic mass is 35.5. The Morgan fingerprint density at radius 2 is 0.931 bits per heavy atom. The first-order valence-electron chi connectivity index (χ1n) is 10.8. The molecule has 1 aliphatic heterocycles. The minimum absolute atomic E-state index is 0. The Morgan fingerprint density at radius 1 is 0.552 bits per heavy atom. The second-order valence-electron chi connectivity index (χ2n) is 8.01. The third-order valence-corrected chi connectivity index (χ3v) is 6.30. The fraction of sp³-hybridized carbons (Fsp3) is 0.333. The quantitative estimate of drug-likeness (QED) is 0.412. The number of nitrogens with zero attached hydrogens (tertiary/aromatic N) is 1. The zero-order valence-electron chi connectivity index (χ0n) is 17.2. The smallest absolute Gasteiger partial charge is 0.0463 e. The first kappa shape index (κ1) is 21.6. The molecule has 1 fully saturated rings. The number of benzene rings is 3. The molecule has 1 nitrogen and oxygen atoms in total. The summed E-state index contributed by atoms with van der Waals surface area (Å²) in [5.41, 5.74) is 4.06. The van der Waals surface area contributed by atoms with Gasteiger partial charge in [0.25, 0.3) is 0 Å². The van der Waals surface area contributed by atoms with Crippen molar-refractivity contribution in [2.75, 3.05) is 19.6 Å². The van der Waals surface area contributed by atoms with Gasteiger partial charge in [0.2, 0.25) is 0 Å². The van der Waals surface area contributed by atoms with Gasteiger partial charge in [-0.25, -0.2) is 0 Å². The van der Waals surface area contributed by atoms with E-state index in [0.29, 0.717) is 0 Å². The average Bonchev–Trinajstić information content (AvgIpc) is 3.06. The highest BCUT2D eigenvalue weighted by molar-refractivity contribution is 5.85. The summed E-state index contributed by atoms with van der Waals surface area (Å²) in [6.45, 7) is 3.63. The van der Waals surface area contributed by atoms with Crippen molar-refractivity contribution in [2.45, 2.75) is 37.5 Å². The van der Waals surface area contributed by atoms with Crippen LogP contribution in [-0.2, 0) is 5.41 Å². The van der Waals surface area contributed by atoms with Gasteiger partial charge in [-0.3, -0.25) is 0 Å². The average molecular weight is 406 g/mol. The Bertz CT molecular complexity index is 728. The van der Waals surface area contributed by atoms with E-state index in [0.717, 1.165) is 13.0 Å². The van der Waals surface area contributed by atoms with E-state index >= 15 is 0 Å². The topological polar surface area (TPSA) is 3.24 Å². The van der Waals surface area contributed by atoms with E-state index < -0.39 is 0 Å². The molecule has 4 rings (SSSR count). The predicted molar refractivity (Wildman–Crippen MR) is 126 cm³/mol. The number of hydrogen-bond acceptors (Lipinski definition) is 1. The van der Waals surface area contributed by atoms with Gasteiger partial charge >= 0.3 is 0 Å². The molecule has 29 heavy (non-hydrogen) atoms. The molecular formula is C27H32ClN. The van der Waals surface area contributed by atoms with Crippen LogP contribution in [-0.4, -0.2) is 24.5 Å². The summed E-state index contributed by atoms with van der Waals surface area (Å²) < 4.78 is 0. The van der Waals surface area contributed by atoms with Crippen molar-refractivity contribution in [1.82, 2.24) is 4.90 Å². The summed E-state index contributed by atoms with van der Waals surface area (Å²) in [4.78, 5) is 2.69. The summed E-state index contributed by atoms with van der Waals surface area (Å²) in [5, 5.41) is 0. The number of likely N-dealkylation sites (tertiary alicyclic amines) is 1. The van der Waals surface area contributed by atoms with Crippen LogP contribution < -0.4 is 0 Å². The number of rotatable bonds is 6. The molecule has 2 heteroatoms. The SMILES string of the molecule is Cl.c1ccc(C(CCN2CCCCCC2)(c2ccccc2)c2ccccc2)cc1. The van der Waals surface area contributed by atoms with E-state index in [9.17, 15) is 0 Å². The third-order valence-electron chi connectivity index (χ3n) is 6.30. The van der Waals surface area contributed by atoms with Crippen molar-refractivity contribution < 1.29 is 0 Å². The molecule has 0 N–H and O–H groups in total. The van der Waals surface area contributed by atoms with Crippen molar-refractivity contribution in [3.8, 4) is 0 Å². The van der Waals surface area contributed by atoms with Crippen LogP contribution in [0, 0.1) is 0 Å². The summed E-state index contributed by atoms with van der Waals surface area (Å²) in [7, 11) is 0. The molecule has 0 unspecified atom stereocenters. The molecule has 0 radical (unpaired) electrons. The van der Waals surface area contributed by atoms with E-state index in [2.05, 4.69) is 95.9 Å². The molecule has 0 amide bonds. The van der Waals surface area contributed by atoms with Crippen LogP contribution >= 0.6 is 12.4 Å². The van der Waals surface area contributed by atoms with E-state index in [1.807, 2.05) is 0 Å². The third kappa shape index (κ3) is 4.91. The van der Waals surface area contributed by atoms with Gasteiger partial charge < -0.3 is 4.90 Å². The van der Waals surface area contributed by atoms with E-state index in [1.54, 1.807) is 0 Å². The van der Waals surface area contributed by atoms with Gasteiger partial charge in [-0.15, -0.1) is 12.4 Å². The molecular weight excluding hydrogens is 374 g/mol. The predicted octanol–water partition coefficient (Wildman–Crippen LogP) is 6.71. The van der Waals surface area contributed by atoms with Crippen molar-refractivity contribution in [3.63, 3.8) is 0 Å². The fourth-order valence-corrected chi connectivity index (χ4v) is 4.79. The Hall–Kier alpha value is -2.09. The molecule has 0 atom stereocenters. The minimum Gasteiger partial charge on any atom is -0.303 e. The summed E-state index contributed by atoms with van der Waals surface area (Å²) in [6, 6.07) is 33.3. The van der Waals surface area contributed by atoms with Crippen LogP contribution in [0.5, 0.6) is 0 Å². The van der Waals surface area contributed by atoms with Gasteiger partial charge in [0.05, 0.1) is 0 Å². The lowest BCUT2D eigenvalue weighted by Crippen LogP contribution is -2.36. The molecule has 3 aromatic rings. The lowest BCUT2D eigenvalue weighted by Gasteiger charge is -2.38.